The van der Waals surface area contributed by atoms with Gasteiger partial charge in [-0.25, -0.2) is 4.98 Å². The Morgan fingerprint density at radius 1 is 1.38 bits per heavy atom. The highest BCUT2D eigenvalue weighted by Crippen LogP contribution is 2.02. The second kappa shape index (κ2) is 4.11. The monoisotopic (exact) mass is 196 g/mol. The number of nitrogens with one attached hydrogen (secondary N) is 1. The highest BCUT2D eigenvalue weighted by Gasteiger charge is 1.98. The third kappa shape index (κ3) is 2.33. The first-order valence-corrected chi connectivity index (χ1v) is 4.67. The molecule has 0 aliphatic rings. The van der Waals surface area contributed by atoms with Gasteiger partial charge >= 0.3 is 0 Å². The summed E-state index contributed by atoms with van der Waals surface area (Å²) in [5.74, 6) is 0.663. The first-order chi connectivity index (χ1) is 6.45. The molecular weight excluding hydrogens is 188 g/mol. The molecule has 0 saturated heterocycles. The van der Waals surface area contributed by atoms with Gasteiger partial charge in [-0.05, 0) is 0 Å². The van der Waals surface area contributed by atoms with E-state index in [4.69, 9.17) is 0 Å². The van der Waals surface area contributed by atoms with Gasteiger partial charge in [-0.1, -0.05) is 5.16 Å². The molecule has 68 valence electrons. The quantitative estimate of drug-likeness (QED) is 0.784. The van der Waals surface area contributed by atoms with Crippen LogP contribution in [0, 0.1) is 0 Å². The highest BCUT2D eigenvalue weighted by atomic mass is 32.1. The van der Waals surface area contributed by atoms with E-state index in [0.717, 1.165) is 11.6 Å². The molecule has 0 aliphatic carbocycles. The molecule has 2 aromatic rings. The summed E-state index contributed by atoms with van der Waals surface area (Å²) in [6, 6.07) is 0. The number of hydrogen-bond donors (Lipinski definition) is 1. The average Bonchev–Trinajstić information content (AvgIpc) is 2.75. The van der Waals surface area contributed by atoms with Crippen LogP contribution in [0.1, 0.15) is 10.8 Å². The van der Waals surface area contributed by atoms with E-state index in [-0.39, 0.29) is 0 Å². The molecule has 0 radical (unpaired) electrons. The second-order valence-corrected chi connectivity index (χ2v) is 3.36. The maximum absolute atomic E-state index is 4.59. The molecule has 0 fully saturated rings. The summed E-state index contributed by atoms with van der Waals surface area (Å²) < 4.78 is 4.59. The fourth-order valence-corrected chi connectivity index (χ4v) is 1.48. The first kappa shape index (κ1) is 8.33. The van der Waals surface area contributed by atoms with Crippen molar-refractivity contribution in [2.45, 2.75) is 13.1 Å². The number of thiazole rings is 1. The van der Waals surface area contributed by atoms with Crippen molar-refractivity contribution in [2.24, 2.45) is 0 Å². The zero-order valence-electron chi connectivity index (χ0n) is 6.80. The predicted molar refractivity (Wildman–Crippen MR) is 47.0 cm³/mol. The molecular formula is C7H8N4OS. The lowest BCUT2D eigenvalue weighted by molar-refractivity contribution is 0.407. The minimum atomic E-state index is 0.607. The van der Waals surface area contributed by atoms with Crippen LogP contribution in [-0.4, -0.2) is 15.1 Å². The normalized spacial score (nSPS) is 10.5. The summed E-state index contributed by atoms with van der Waals surface area (Å²) in [6.45, 7) is 1.35. The Morgan fingerprint density at radius 3 is 3.08 bits per heavy atom. The smallest absolute Gasteiger partial charge is 0.213 e. The Hall–Kier alpha value is -1.27. The molecule has 0 aliphatic heterocycles. The highest BCUT2D eigenvalue weighted by molar-refractivity contribution is 7.09. The van der Waals surface area contributed by atoms with Gasteiger partial charge < -0.3 is 9.84 Å². The minimum Gasteiger partial charge on any atom is -0.343 e. The van der Waals surface area contributed by atoms with Gasteiger partial charge in [0.25, 0.3) is 0 Å². The van der Waals surface area contributed by atoms with E-state index in [2.05, 4.69) is 25.0 Å². The van der Waals surface area contributed by atoms with Crippen molar-refractivity contribution in [1.82, 2.24) is 20.4 Å². The number of nitrogens with zero attached hydrogens (tertiary/aromatic N) is 3. The Balaban J connectivity index is 1.76. The molecule has 0 spiro atoms. The SMILES string of the molecule is c1csc(CNCc2ncon2)n1. The van der Waals surface area contributed by atoms with Crippen LogP contribution >= 0.6 is 11.3 Å². The fraction of sp³-hybridized carbons (Fsp3) is 0.286. The van der Waals surface area contributed by atoms with E-state index in [9.17, 15) is 0 Å². The van der Waals surface area contributed by atoms with Crippen molar-refractivity contribution in [1.29, 1.82) is 0 Å². The summed E-state index contributed by atoms with van der Waals surface area (Å²) in [7, 11) is 0. The van der Waals surface area contributed by atoms with E-state index in [1.54, 1.807) is 17.5 Å². The summed E-state index contributed by atoms with van der Waals surface area (Å²) in [5, 5.41) is 9.83. The summed E-state index contributed by atoms with van der Waals surface area (Å²) in [5.41, 5.74) is 0. The van der Waals surface area contributed by atoms with Crippen LogP contribution in [0.2, 0.25) is 0 Å². The molecule has 0 atom stereocenters. The van der Waals surface area contributed by atoms with Gasteiger partial charge in [0.05, 0.1) is 6.54 Å². The maximum atomic E-state index is 4.59. The molecule has 5 nitrogen and oxygen atoms in total. The van der Waals surface area contributed by atoms with Crippen molar-refractivity contribution >= 4 is 11.3 Å². The molecule has 1 N–H and O–H groups in total. The predicted octanol–water partition coefficient (Wildman–Crippen LogP) is 0.816. The van der Waals surface area contributed by atoms with Crippen LogP contribution in [0.25, 0.3) is 0 Å². The maximum Gasteiger partial charge on any atom is 0.213 e. The Bertz CT molecular complexity index is 297. The molecule has 13 heavy (non-hydrogen) atoms. The molecule has 2 aromatic heterocycles. The minimum absolute atomic E-state index is 0.607. The van der Waals surface area contributed by atoms with Crippen LogP contribution in [0.3, 0.4) is 0 Å². The number of aromatic nitrogens is 3. The van der Waals surface area contributed by atoms with E-state index < -0.39 is 0 Å². The largest absolute Gasteiger partial charge is 0.343 e. The summed E-state index contributed by atoms with van der Waals surface area (Å²) in [4.78, 5) is 8.00. The molecule has 6 heteroatoms. The lowest BCUT2D eigenvalue weighted by Gasteiger charge is -1.96. The van der Waals surface area contributed by atoms with Gasteiger partial charge in [0.15, 0.2) is 5.82 Å². The van der Waals surface area contributed by atoms with E-state index in [1.165, 1.54) is 6.39 Å². The Morgan fingerprint density at radius 2 is 2.38 bits per heavy atom. The molecule has 0 amide bonds. The van der Waals surface area contributed by atoms with E-state index in [1.807, 2.05) is 5.38 Å². The third-order valence-electron chi connectivity index (χ3n) is 1.45. The first-order valence-electron chi connectivity index (χ1n) is 3.79. The van der Waals surface area contributed by atoms with Crippen LogP contribution in [0.5, 0.6) is 0 Å². The summed E-state index contributed by atoms with van der Waals surface area (Å²) in [6.07, 6.45) is 3.11. The average molecular weight is 196 g/mol. The summed E-state index contributed by atoms with van der Waals surface area (Å²) >= 11 is 1.62. The molecule has 2 rings (SSSR count). The molecule has 0 unspecified atom stereocenters. The van der Waals surface area contributed by atoms with Gasteiger partial charge in [-0.15, -0.1) is 11.3 Å². The third-order valence-corrected chi connectivity index (χ3v) is 2.23. The van der Waals surface area contributed by atoms with Crippen molar-refractivity contribution in [3.05, 3.63) is 28.8 Å². The van der Waals surface area contributed by atoms with Crippen LogP contribution in [-0.2, 0) is 13.1 Å². The van der Waals surface area contributed by atoms with Crippen molar-refractivity contribution in [3.63, 3.8) is 0 Å². The Kier molecular flexibility index (Phi) is 2.63. The van der Waals surface area contributed by atoms with Crippen molar-refractivity contribution in [3.8, 4) is 0 Å². The molecule has 0 aromatic carbocycles. The molecule has 0 bridgehead atoms. The Labute approximate surface area is 78.8 Å². The standard InChI is InChI=1S/C7H8N4OS/c1-2-13-7(9-1)4-8-3-6-10-5-12-11-6/h1-2,5,8H,3-4H2. The van der Waals surface area contributed by atoms with Crippen LogP contribution in [0.4, 0.5) is 0 Å². The lowest BCUT2D eigenvalue weighted by Crippen LogP contribution is -2.13. The van der Waals surface area contributed by atoms with Crippen LogP contribution in [0.15, 0.2) is 22.5 Å². The van der Waals surface area contributed by atoms with Gasteiger partial charge in [0, 0.05) is 18.1 Å². The lowest BCUT2D eigenvalue weighted by atomic mass is 10.5. The van der Waals surface area contributed by atoms with Gasteiger partial charge in [-0.2, -0.15) is 4.98 Å². The van der Waals surface area contributed by atoms with Gasteiger partial charge in [0.2, 0.25) is 6.39 Å². The van der Waals surface area contributed by atoms with Crippen LogP contribution < -0.4 is 5.32 Å². The van der Waals surface area contributed by atoms with Gasteiger partial charge in [-0.3, -0.25) is 0 Å². The van der Waals surface area contributed by atoms with Crippen molar-refractivity contribution < 1.29 is 4.52 Å². The van der Waals surface area contributed by atoms with Crippen molar-refractivity contribution in [2.75, 3.05) is 0 Å². The number of hydrogen-bond acceptors (Lipinski definition) is 6. The number of rotatable bonds is 4. The van der Waals surface area contributed by atoms with Gasteiger partial charge in [0.1, 0.15) is 5.01 Å². The zero-order chi connectivity index (χ0) is 8.93. The van der Waals surface area contributed by atoms with E-state index >= 15 is 0 Å². The fourth-order valence-electron chi connectivity index (χ4n) is 0.892. The van der Waals surface area contributed by atoms with E-state index in [0.29, 0.717) is 12.4 Å². The second-order valence-electron chi connectivity index (χ2n) is 2.38. The zero-order valence-corrected chi connectivity index (χ0v) is 7.62. The molecule has 2 heterocycles. The topological polar surface area (TPSA) is 63.8 Å². The molecule has 0 saturated carbocycles.